The molecule has 0 aliphatic rings. The molecule has 4 aromatic carbocycles. The van der Waals surface area contributed by atoms with Crippen molar-refractivity contribution in [3.63, 3.8) is 0 Å². The average Bonchev–Trinajstić information content (AvgIpc) is 3.30. The standard InChI is InChI=1S/C48H59N5O10/c1-34(2)42(44(55)51-40(46(57)61-31-36-20-9-4-10-21-36)27-17-26-39(50)45(56)60-30-35-18-7-3-8-19-35)52-43(54)41(28-15-16-29-49)53(47(58)62-32-37-22-11-5-12-23-37)48(59)63-33-38-24-13-6-14-25-38/h3-14,18-25,34,39-42H,15-17,26-33,49-50H2,1-2H3,(H,51,55)(H,52,54)/t39?,40-,41-,42-/m0/s1. The van der Waals surface area contributed by atoms with E-state index in [4.69, 9.17) is 30.4 Å². The highest BCUT2D eigenvalue weighted by atomic mass is 16.6. The van der Waals surface area contributed by atoms with Crippen LogP contribution in [0.3, 0.4) is 0 Å². The van der Waals surface area contributed by atoms with Crippen LogP contribution in [-0.4, -0.2) is 71.6 Å². The Bertz CT molecular complexity index is 1970. The topological polar surface area (TPSA) is 219 Å². The van der Waals surface area contributed by atoms with Crippen molar-refractivity contribution < 1.29 is 47.7 Å². The first-order valence-electron chi connectivity index (χ1n) is 21.1. The van der Waals surface area contributed by atoms with Gasteiger partial charge >= 0.3 is 24.1 Å². The van der Waals surface area contributed by atoms with Gasteiger partial charge in [0.1, 0.15) is 50.6 Å². The Morgan fingerprint density at radius 3 is 1.38 bits per heavy atom. The summed E-state index contributed by atoms with van der Waals surface area (Å²) in [5.74, 6) is -3.46. The number of hydrogen-bond donors (Lipinski definition) is 4. The normalized spacial score (nSPS) is 12.8. The molecule has 0 spiro atoms. The SMILES string of the molecule is CC(C)[C@H](NC(=O)[C@H](CCCCN)N(C(=O)OCc1ccccc1)C(=O)OCc1ccccc1)C(=O)N[C@@H](CCCC(N)C(=O)OCc1ccccc1)C(=O)OCc1ccccc1. The number of carbonyl (C=O) groups excluding carboxylic acids is 6. The van der Waals surface area contributed by atoms with Gasteiger partial charge in [-0.1, -0.05) is 135 Å². The molecule has 0 saturated heterocycles. The van der Waals surface area contributed by atoms with E-state index in [1.807, 2.05) is 36.4 Å². The highest BCUT2D eigenvalue weighted by Crippen LogP contribution is 2.18. The lowest BCUT2D eigenvalue weighted by molar-refractivity contribution is -0.149. The largest absolute Gasteiger partial charge is 0.460 e. The van der Waals surface area contributed by atoms with Crippen LogP contribution in [0.1, 0.15) is 74.6 Å². The molecule has 15 nitrogen and oxygen atoms in total. The van der Waals surface area contributed by atoms with Crippen molar-refractivity contribution in [2.75, 3.05) is 6.54 Å². The van der Waals surface area contributed by atoms with Crippen LogP contribution >= 0.6 is 0 Å². The van der Waals surface area contributed by atoms with E-state index in [1.54, 1.807) is 98.8 Å². The molecule has 0 fully saturated rings. The number of nitrogens with one attached hydrogen (secondary N) is 2. The molecule has 4 amide bonds. The molecule has 63 heavy (non-hydrogen) atoms. The van der Waals surface area contributed by atoms with Gasteiger partial charge in [0.2, 0.25) is 11.8 Å². The highest BCUT2D eigenvalue weighted by Gasteiger charge is 2.39. The Morgan fingerprint density at radius 2 is 0.952 bits per heavy atom. The molecule has 4 rings (SSSR count). The number of hydrogen-bond acceptors (Lipinski definition) is 12. The van der Waals surface area contributed by atoms with Gasteiger partial charge in [0.15, 0.2) is 0 Å². The third-order valence-corrected chi connectivity index (χ3v) is 9.96. The van der Waals surface area contributed by atoms with E-state index in [1.165, 1.54) is 0 Å². The second kappa shape index (κ2) is 26.7. The maximum Gasteiger partial charge on any atom is 0.420 e. The number of unbranched alkanes of at least 4 members (excludes halogenated alkanes) is 1. The van der Waals surface area contributed by atoms with Crippen LogP contribution in [0.4, 0.5) is 9.59 Å². The van der Waals surface area contributed by atoms with Crippen LogP contribution < -0.4 is 22.1 Å². The zero-order chi connectivity index (χ0) is 45.4. The summed E-state index contributed by atoms with van der Waals surface area (Å²) < 4.78 is 22.1. The van der Waals surface area contributed by atoms with Gasteiger partial charge in [0.25, 0.3) is 0 Å². The number of nitrogens with zero attached hydrogens (tertiary/aromatic N) is 1. The zero-order valence-corrected chi connectivity index (χ0v) is 35.9. The summed E-state index contributed by atoms with van der Waals surface area (Å²) in [5, 5.41) is 5.46. The number of carbonyl (C=O) groups is 6. The van der Waals surface area contributed by atoms with Crippen LogP contribution in [0.25, 0.3) is 0 Å². The van der Waals surface area contributed by atoms with E-state index >= 15 is 0 Å². The van der Waals surface area contributed by atoms with Crippen molar-refractivity contribution in [1.82, 2.24) is 15.5 Å². The van der Waals surface area contributed by atoms with Gasteiger partial charge in [-0.2, -0.15) is 4.90 Å². The van der Waals surface area contributed by atoms with Crippen molar-refractivity contribution in [2.24, 2.45) is 17.4 Å². The fraction of sp³-hybridized carbons (Fsp3) is 0.375. The van der Waals surface area contributed by atoms with Gasteiger partial charge in [0, 0.05) is 0 Å². The number of imide groups is 1. The highest BCUT2D eigenvalue weighted by molar-refractivity contribution is 5.97. The van der Waals surface area contributed by atoms with Gasteiger partial charge in [-0.3, -0.25) is 14.4 Å². The van der Waals surface area contributed by atoms with E-state index in [-0.39, 0.29) is 58.7 Å². The van der Waals surface area contributed by atoms with E-state index in [0.717, 1.165) is 11.1 Å². The van der Waals surface area contributed by atoms with Crippen LogP contribution in [-0.2, 0) is 64.6 Å². The Morgan fingerprint density at radius 1 is 0.524 bits per heavy atom. The summed E-state index contributed by atoms with van der Waals surface area (Å²) in [7, 11) is 0. The van der Waals surface area contributed by atoms with Crippen molar-refractivity contribution in [3.05, 3.63) is 144 Å². The van der Waals surface area contributed by atoms with Crippen LogP contribution in [0.5, 0.6) is 0 Å². The minimum atomic E-state index is -1.48. The molecule has 0 bridgehead atoms. The lowest BCUT2D eigenvalue weighted by Gasteiger charge is -2.31. The van der Waals surface area contributed by atoms with Gasteiger partial charge in [-0.05, 0) is 73.2 Å². The predicted octanol–water partition coefficient (Wildman–Crippen LogP) is 6.07. The number of amides is 4. The average molecular weight is 866 g/mol. The molecule has 0 aliphatic heterocycles. The zero-order valence-electron chi connectivity index (χ0n) is 35.9. The van der Waals surface area contributed by atoms with E-state index in [0.29, 0.717) is 28.9 Å². The van der Waals surface area contributed by atoms with E-state index in [2.05, 4.69) is 10.6 Å². The first-order chi connectivity index (χ1) is 30.5. The van der Waals surface area contributed by atoms with Crippen LogP contribution in [0.15, 0.2) is 121 Å². The second-order valence-corrected chi connectivity index (χ2v) is 15.3. The third-order valence-electron chi connectivity index (χ3n) is 9.96. The molecule has 4 atom stereocenters. The third kappa shape index (κ3) is 17.0. The van der Waals surface area contributed by atoms with Gasteiger partial charge in [-0.25, -0.2) is 14.4 Å². The molecule has 0 radical (unpaired) electrons. The van der Waals surface area contributed by atoms with Gasteiger partial charge < -0.3 is 41.0 Å². The molecule has 0 aromatic heterocycles. The first-order valence-corrected chi connectivity index (χ1v) is 21.1. The summed E-state index contributed by atoms with van der Waals surface area (Å²) >= 11 is 0. The first kappa shape index (κ1) is 49.1. The number of esters is 2. The van der Waals surface area contributed by atoms with Crippen LogP contribution in [0.2, 0.25) is 0 Å². The van der Waals surface area contributed by atoms with Gasteiger partial charge in [0.05, 0.1) is 0 Å². The maximum absolute atomic E-state index is 14.4. The molecule has 0 aliphatic carbocycles. The second-order valence-electron chi connectivity index (χ2n) is 15.3. The van der Waals surface area contributed by atoms with Crippen molar-refractivity contribution >= 4 is 35.9 Å². The molecule has 6 N–H and O–H groups in total. The summed E-state index contributed by atoms with van der Waals surface area (Å²) in [5.41, 5.74) is 14.7. The Balaban J connectivity index is 1.52. The van der Waals surface area contributed by atoms with Crippen molar-refractivity contribution in [2.45, 2.75) is 103 Å². The van der Waals surface area contributed by atoms with E-state index < -0.39 is 66.0 Å². The molecule has 0 heterocycles. The molecule has 0 saturated carbocycles. The molecule has 336 valence electrons. The smallest absolute Gasteiger partial charge is 0.420 e. The number of nitrogens with two attached hydrogens (primary N) is 2. The number of rotatable bonds is 24. The molecule has 1 unspecified atom stereocenters. The van der Waals surface area contributed by atoms with Gasteiger partial charge in [-0.15, -0.1) is 0 Å². The van der Waals surface area contributed by atoms with Crippen LogP contribution in [0, 0.1) is 5.92 Å². The Labute approximate surface area is 368 Å². The fourth-order valence-corrected chi connectivity index (χ4v) is 6.39. The monoisotopic (exact) mass is 865 g/mol. The number of benzene rings is 4. The van der Waals surface area contributed by atoms with Crippen molar-refractivity contribution in [3.8, 4) is 0 Å². The summed E-state index contributed by atoms with van der Waals surface area (Å²) in [6, 6.07) is 30.8. The fourth-order valence-electron chi connectivity index (χ4n) is 6.39. The summed E-state index contributed by atoms with van der Waals surface area (Å²) in [4.78, 5) is 83.0. The molecule has 15 heteroatoms. The maximum atomic E-state index is 14.4. The Kier molecular flexibility index (Phi) is 20.8. The lowest BCUT2D eigenvalue weighted by atomic mass is 10.00. The molecular weight excluding hydrogens is 807 g/mol. The molecular formula is C48H59N5O10. The summed E-state index contributed by atoms with van der Waals surface area (Å²) in [6.07, 6.45) is -1.09. The van der Waals surface area contributed by atoms with E-state index in [9.17, 15) is 28.8 Å². The minimum Gasteiger partial charge on any atom is -0.460 e. The Hall–Kier alpha value is -6.58. The minimum absolute atomic E-state index is 0.0290. The number of ether oxygens (including phenoxy) is 4. The predicted molar refractivity (Wildman–Crippen MR) is 235 cm³/mol. The molecule has 4 aromatic rings. The lowest BCUT2D eigenvalue weighted by Crippen LogP contribution is -2.59. The summed E-state index contributed by atoms with van der Waals surface area (Å²) in [6.45, 7) is 3.26. The quantitative estimate of drug-likeness (QED) is 0.0359. The van der Waals surface area contributed by atoms with Crippen molar-refractivity contribution in [1.29, 1.82) is 0 Å².